The number of amides is 3. The fourth-order valence-electron chi connectivity index (χ4n) is 3.95. The molecule has 0 unspecified atom stereocenters. The van der Waals surface area contributed by atoms with Crippen LogP contribution in [0.5, 0.6) is 0 Å². The second-order valence-electron chi connectivity index (χ2n) is 6.73. The zero-order chi connectivity index (χ0) is 18.4. The Morgan fingerprint density at radius 3 is 2.67 bits per heavy atom. The molecule has 8 heteroatoms. The number of rotatable bonds is 3. The Balaban J connectivity index is 1.48. The number of aryl methyl sites for hydroxylation is 1. The summed E-state index contributed by atoms with van der Waals surface area (Å²) in [4.78, 5) is 27.1. The topological polar surface area (TPSA) is 93.0 Å². The Morgan fingerprint density at radius 1 is 1.04 bits per heavy atom. The molecule has 1 fully saturated rings. The van der Waals surface area contributed by atoms with Crippen molar-refractivity contribution < 1.29 is 9.59 Å². The number of benzene rings is 2. The summed E-state index contributed by atoms with van der Waals surface area (Å²) in [7, 11) is 0. The third-order valence-electron chi connectivity index (χ3n) is 5.26. The second-order valence-corrected chi connectivity index (χ2v) is 6.73. The molecular formula is C19H16N6O2. The van der Waals surface area contributed by atoms with Crippen LogP contribution in [-0.2, 0) is 23.3 Å². The first-order valence-corrected chi connectivity index (χ1v) is 8.74. The number of imide groups is 1. The Labute approximate surface area is 154 Å². The van der Waals surface area contributed by atoms with E-state index < -0.39 is 11.6 Å². The normalized spacial score (nSPS) is 21.0. The molecule has 1 spiro atoms. The molecule has 27 heavy (non-hydrogen) atoms. The number of hydrogen-bond acceptors (Lipinski definition) is 5. The molecule has 1 saturated heterocycles. The Morgan fingerprint density at radius 2 is 1.81 bits per heavy atom. The maximum absolute atomic E-state index is 13.2. The molecule has 0 saturated carbocycles. The minimum Gasteiger partial charge on any atom is -0.319 e. The van der Waals surface area contributed by atoms with E-state index in [2.05, 4.69) is 20.8 Å². The van der Waals surface area contributed by atoms with E-state index in [1.54, 1.807) is 0 Å². The minimum atomic E-state index is -0.974. The molecule has 2 heterocycles. The molecule has 2 aliphatic rings. The number of hydrogen-bond donors (Lipinski definition) is 1. The first-order valence-electron chi connectivity index (χ1n) is 8.74. The van der Waals surface area contributed by atoms with Gasteiger partial charge in [-0.05, 0) is 46.5 Å². The molecule has 5 rings (SSSR count). The summed E-state index contributed by atoms with van der Waals surface area (Å²) in [6.45, 7) is 0.0104. The van der Waals surface area contributed by atoms with E-state index in [0.717, 1.165) is 23.2 Å². The van der Waals surface area contributed by atoms with Gasteiger partial charge in [-0.15, -0.1) is 5.10 Å². The number of carbonyl (C=O) groups is 2. The van der Waals surface area contributed by atoms with Gasteiger partial charge in [0.25, 0.3) is 5.91 Å². The lowest BCUT2D eigenvalue weighted by Gasteiger charge is -2.22. The van der Waals surface area contributed by atoms with Crippen molar-refractivity contribution >= 4 is 11.9 Å². The predicted octanol–water partition coefficient (Wildman–Crippen LogP) is 1.56. The Kier molecular flexibility index (Phi) is 3.33. The first kappa shape index (κ1) is 15.7. The number of fused-ring (bicyclic) bond motifs is 2. The SMILES string of the molecule is O=C1N[C@@]2(CCc3ccccc32)C(=O)N1Cc1nnnn1-c1ccccc1. The Bertz CT molecular complexity index is 1050. The molecule has 134 valence electrons. The quantitative estimate of drug-likeness (QED) is 0.716. The Hall–Kier alpha value is -3.55. The van der Waals surface area contributed by atoms with Gasteiger partial charge in [-0.3, -0.25) is 9.69 Å². The van der Waals surface area contributed by atoms with Crippen LogP contribution in [0.4, 0.5) is 4.79 Å². The van der Waals surface area contributed by atoms with E-state index in [-0.39, 0.29) is 12.5 Å². The van der Waals surface area contributed by atoms with Crippen molar-refractivity contribution in [2.24, 2.45) is 0 Å². The lowest BCUT2D eigenvalue weighted by Crippen LogP contribution is -2.41. The van der Waals surface area contributed by atoms with Crippen LogP contribution in [0.2, 0.25) is 0 Å². The smallest absolute Gasteiger partial charge is 0.319 e. The second kappa shape index (κ2) is 5.73. The van der Waals surface area contributed by atoms with Crippen molar-refractivity contribution in [3.63, 3.8) is 0 Å². The number of tetrazole rings is 1. The van der Waals surface area contributed by atoms with Gasteiger partial charge < -0.3 is 5.32 Å². The van der Waals surface area contributed by atoms with Crippen molar-refractivity contribution in [3.05, 3.63) is 71.5 Å². The predicted molar refractivity (Wildman–Crippen MR) is 94.7 cm³/mol. The lowest BCUT2D eigenvalue weighted by atomic mass is 9.92. The number of carbonyl (C=O) groups excluding carboxylic acids is 2. The molecule has 1 aliphatic carbocycles. The molecule has 3 aromatic rings. The van der Waals surface area contributed by atoms with Crippen molar-refractivity contribution in [3.8, 4) is 5.69 Å². The van der Waals surface area contributed by atoms with E-state index >= 15 is 0 Å². The maximum atomic E-state index is 13.2. The monoisotopic (exact) mass is 360 g/mol. The molecule has 1 aliphatic heterocycles. The number of para-hydroxylation sites is 1. The summed E-state index contributed by atoms with van der Waals surface area (Å²) in [6.07, 6.45) is 1.33. The summed E-state index contributed by atoms with van der Waals surface area (Å²) >= 11 is 0. The standard InChI is InChI=1S/C19H16N6O2/c26-17-19(11-10-13-6-4-5-9-15(13)19)20-18(27)24(17)12-16-21-22-23-25(16)14-7-2-1-3-8-14/h1-9H,10-12H2,(H,20,27)/t19-/m1/s1. The third-order valence-corrected chi connectivity index (χ3v) is 5.26. The van der Waals surface area contributed by atoms with Gasteiger partial charge in [-0.2, -0.15) is 4.68 Å². The van der Waals surface area contributed by atoms with E-state index in [1.165, 1.54) is 9.58 Å². The van der Waals surface area contributed by atoms with Crippen LogP contribution < -0.4 is 5.32 Å². The van der Waals surface area contributed by atoms with Crippen LogP contribution in [0.1, 0.15) is 23.4 Å². The van der Waals surface area contributed by atoms with Crippen molar-refractivity contribution in [1.29, 1.82) is 0 Å². The number of aromatic nitrogens is 4. The van der Waals surface area contributed by atoms with Gasteiger partial charge in [0, 0.05) is 0 Å². The minimum absolute atomic E-state index is 0.0104. The van der Waals surface area contributed by atoms with Gasteiger partial charge in [-0.25, -0.2) is 4.79 Å². The van der Waals surface area contributed by atoms with Crippen LogP contribution in [0.15, 0.2) is 54.6 Å². The molecule has 2 aromatic carbocycles. The summed E-state index contributed by atoms with van der Waals surface area (Å²) in [6, 6.07) is 16.7. The third kappa shape index (κ3) is 2.26. The van der Waals surface area contributed by atoms with Gasteiger partial charge in [-0.1, -0.05) is 42.5 Å². The molecular weight excluding hydrogens is 344 g/mol. The van der Waals surface area contributed by atoms with Gasteiger partial charge in [0.05, 0.1) is 12.2 Å². The van der Waals surface area contributed by atoms with Crippen LogP contribution >= 0.6 is 0 Å². The van der Waals surface area contributed by atoms with E-state index in [1.807, 2.05) is 54.6 Å². The van der Waals surface area contributed by atoms with E-state index in [4.69, 9.17) is 0 Å². The average molecular weight is 360 g/mol. The highest BCUT2D eigenvalue weighted by Crippen LogP contribution is 2.41. The molecule has 1 atom stereocenters. The highest BCUT2D eigenvalue weighted by Gasteiger charge is 2.55. The molecule has 1 aromatic heterocycles. The van der Waals surface area contributed by atoms with Crippen molar-refractivity contribution in [2.75, 3.05) is 0 Å². The number of nitrogens with zero attached hydrogens (tertiary/aromatic N) is 5. The van der Waals surface area contributed by atoms with Crippen LogP contribution in [0.25, 0.3) is 5.69 Å². The highest BCUT2D eigenvalue weighted by molar-refractivity contribution is 6.08. The lowest BCUT2D eigenvalue weighted by molar-refractivity contribution is -0.132. The summed E-state index contributed by atoms with van der Waals surface area (Å²) in [5.41, 5.74) is 1.78. The van der Waals surface area contributed by atoms with Gasteiger partial charge >= 0.3 is 6.03 Å². The van der Waals surface area contributed by atoms with Gasteiger partial charge in [0.1, 0.15) is 5.54 Å². The number of nitrogens with one attached hydrogen (secondary N) is 1. The van der Waals surface area contributed by atoms with Crippen molar-refractivity contribution in [1.82, 2.24) is 30.4 Å². The molecule has 1 N–H and O–H groups in total. The van der Waals surface area contributed by atoms with Crippen LogP contribution in [-0.4, -0.2) is 37.0 Å². The first-order chi connectivity index (χ1) is 13.2. The summed E-state index contributed by atoms with van der Waals surface area (Å²) in [5, 5.41) is 14.6. The average Bonchev–Trinajstić information content (AvgIpc) is 3.37. The molecule has 8 nitrogen and oxygen atoms in total. The zero-order valence-corrected chi connectivity index (χ0v) is 14.4. The summed E-state index contributed by atoms with van der Waals surface area (Å²) in [5.74, 6) is 0.174. The molecule has 3 amide bonds. The largest absolute Gasteiger partial charge is 0.325 e. The van der Waals surface area contributed by atoms with Gasteiger partial charge in [0.15, 0.2) is 5.82 Å². The van der Waals surface area contributed by atoms with E-state index in [0.29, 0.717) is 12.2 Å². The molecule has 0 bridgehead atoms. The van der Waals surface area contributed by atoms with Crippen molar-refractivity contribution in [2.45, 2.75) is 24.9 Å². The highest BCUT2D eigenvalue weighted by atomic mass is 16.2. The van der Waals surface area contributed by atoms with Crippen LogP contribution in [0.3, 0.4) is 0 Å². The maximum Gasteiger partial charge on any atom is 0.325 e. The zero-order valence-electron chi connectivity index (χ0n) is 14.4. The van der Waals surface area contributed by atoms with E-state index in [9.17, 15) is 9.59 Å². The molecule has 0 radical (unpaired) electrons. The van der Waals surface area contributed by atoms with Gasteiger partial charge in [0.2, 0.25) is 0 Å². The fourth-order valence-corrected chi connectivity index (χ4v) is 3.95. The number of urea groups is 1. The summed E-state index contributed by atoms with van der Waals surface area (Å²) < 4.78 is 1.54. The fraction of sp³-hybridized carbons (Fsp3) is 0.211. The van der Waals surface area contributed by atoms with Crippen LogP contribution in [0, 0.1) is 0 Å².